The number of hydrogen-bond donors (Lipinski definition) is 1. The van der Waals surface area contributed by atoms with Crippen molar-refractivity contribution in [1.29, 1.82) is 0 Å². The first-order chi connectivity index (χ1) is 9.83. The van der Waals surface area contributed by atoms with Gasteiger partial charge in [-0.1, -0.05) is 6.92 Å². The monoisotopic (exact) mass is 277 g/mol. The van der Waals surface area contributed by atoms with Crippen LogP contribution in [0.1, 0.15) is 51.9 Å². The van der Waals surface area contributed by atoms with E-state index in [-0.39, 0.29) is 0 Å². The molecule has 3 heteroatoms. The van der Waals surface area contributed by atoms with Gasteiger partial charge in [-0.15, -0.1) is 0 Å². The molecule has 0 aliphatic carbocycles. The van der Waals surface area contributed by atoms with E-state index >= 15 is 0 Å². The fraction of sp³-hybridized carbons (Fsp3) is 1.00. The summed E-state index contributed by atoms with van der Waals surface area (Å²) in [4.78, 5) is 5.66. The molecule has 0 radical (unpaired) electrons. The summed E-state index contributed by atoms with van der Waals surface area (Å²) in [7, 11) is 0. The van der Waals surface area contributed by atoms with Crippen LogP contribution >= 0.6 is 0 Å². The van der Waals surface area contributed by atoms with Crippen molar-refractivity contribution in [2.24, 2.45) is 5.92 Å². The Bertz CT molecular complexity index is 333. The predicted octanol–water partition coefficient (Wildman–Crippen LogP) is 2.08. The summed E-state index contributed by atoms with van der Waals surface area (Å²) in [6, 6.07) is 3.45. The van der Waals surface area contributed by atoms with E-state index in [0.29, 0.717) is 0 Å². The van der Waals surface area contributed by atoms with E-state index in [1.165, 1.54) is 71.1 Å². The molecule has 0 aromatic carbocycles. The van der Waals surface area contributed by atoms with Gasteiger partial charge in [-0.2, -0.15) is 0 Å². The van der Waals surface area contributed by atoms with Crippen LogP contribution in [0.2, 0.25) is 0 Å². The van der Waals surface area contributed by atoms with Crippen LogP contribution < -0.4 is 5.32 Å². The fourth-order valence-electron chi connectivity index (χ4n) is 5.54. The van der Waals surface area contributed by atoms with Crippen molar-refractivity contribution in [2.75, 3.05) is 26.2 Å². The lowest BCUT2D eigenvalue weighted by Crippen LogP contribution is -2.55. The lowest BCUT2D eigenvalue weighted by Gasteiger charge is -2.46. The van der Waals surface area contributed by atoms with Gasteiger partial charge in [-0.3, -0.25) is 4.90 Å². The number of fused-ring (bicyclic) bond motifs is 4. The smallest absolute Gasteiger partial charge is 0.0151 e. The molecule has 4 heterocycles. The molecule has 4 bridgehead atoms. The van der Waals surface area contributed by atoms with Gasteiger partial charge >= 0.3 is 0 Å². The molecule has 5 unspecified atom stereocenters. The van der Waals surface area contributed by atoms with Gasteiger partial charge in [-0.25, -0.2) is 0 Å². The highest BCUT2D eigenvalue weighted by Gasteiger charge is 2.42. The summed E-state index contributed by atoms with van der Waals surface area (Å²) >= 11 is 0. The second kappa shape index (κ2) is 5.58. The van der Waals surface area contributed by atoms with Crippen molar-refractivity contribution in [3.05, 3.63) is 0 Å². The lowest BCUT2D eigenvalue weighted by molar-refractivity contribution is 0.0407. The minimum atomic E-state index is 0.835. The van der Waals surface area contributed by atoms with E-state index in [1.807, 2.05) is 0 Å². The van der Waals surface area contributed by atoms with Gasteiger partial charge in [-0.05, 0) is 70.5 Å². The van der Waals surface area contributed by atoms with Gasteiger partial charge in [0.1, 0.15) is 0 Å². The van der Waals surface area contributed by atoms with Gasteiger partial charge in [0.15, 0.2) is 0 Å². The zero-order valence-electron chi connectivity index (χ0n) is 13.1. The van der Waals surface area contributed by atoms with E-state index in [1.54, 1.807) is 0 Å². The average molecular weight is 277 g/mol. The Balaban J connectivity index is 1.48. The molecule has 3 nitrogen and oxygen atoms in total. The maximum absolute atomic E-state index is 3.82. The molecule has 114 valence electrons. The molecule has 20 heavy (non-hydrogen) atoms. The second-order valence-electron chi connectivity index (χ2n) is 7.71. The average Bonchev–Trinajstić information content (AvgIpc) is 3.00. The zero-order chi connectivity index (χ0) is 13.5. The summed E-state index contributed by atoms with van der Waals surface area (Å²) in [5.41, 5.74) is 0. The first kappa shape index (κ1) is 13.5. The van der Waals surface area contributed by atoms with Crippen molar-refractivity contribution < 1.29 is 0 Å². The quantitative estimate of drug-likeness (QED) is 0.849. The van der Waals surface area contributed by atoms with Crippen LogP contribution in [0.25, 0.3) is 0 Å². The third-order valence-electron chi connectivity index (χ3n) is 6.42. The molecular formula is C17H31N3. The summed E-state index contributed by atoms with van der Waals surface area (Å²) in [6.07, 6.45) is 9.93. The lowest BCUT2D eigenvalue weighted by atomic mass is 9.88. The molecule has 0 amide bonds. The summed E-state index contributed by atoms with van der Waals surface area (Å²) in [6.45, 7) is 7.83. The van der Waals surface area contributed by atoms with E-state index in [2.05, 4.69) is 22.0 Å². The van der Waals surface area contributed by atoms with Crippen molar-refractivity contribution in [1.82, 2.24) is 15.1 Å². The Hall–Kier alpha value is -0.120. The maximum Gasteiger partial charge on any atom is 0.0151 e. The van der Waals surface area contributed by atoms with Gasteiger partial charge < -0.3 is 10.2 Å². The number of piperidine rings is 2. The molecule has 0 spiro atoms. The minimum absolute atomic E-state index is 0.835. The second-order valence-corrected chi connectivity index (χ2v) is 7.71. The van der Waals surface area contributed by atoms with Crippen LogP contribution in [-0.2, 0) is 0 Å². The largest absolute Gasteiger partial charge is 0.311 e. The molecule has 5 atom stereocenters. The standard InChI is InChI=1S/C17H31N3/c1-2-7-20(16-10-14-3-4-15(11-16)18-14)17-6-9-19-8-5-13(17)12-19/h13-18H,2-12H2,1H3. The molecule has 0 aromatic heterocycles. The first-order valence-corrected chi connectivity index (χ1v) is 9.07. The summed E-state index contributed by atoms with van der Waals surface area (Å²) < 4.78 is 0. The van der Waals surface area contributed by atoms with Gasteiger partial charge in [0.2, 0.25) is 0 Å². The van der Waals surface area contributed by atoms with Gasteiger partial charge in [0.25, 0.3) is 0 Å². The highest BCUT2D eigenvalue weighted by Crippen LogP contribution is 2.36. The van der Waals surface area contributed by atoms with Crippen molar-refractivity contribution >= 4 is 0 Å². The van der Waals surface area contributed by atoms with Crippen LogP contribution in [-0.4, -0.2) is 60.1 Å². The van der Waals surface area contributed by atoms with Crippen molar-refractivity contribution in [3.63, 3.8) is 0 Å². The third-order valence-corrected chi connectivity index (χ3v) is 6.42. The summed E-state index contributed by atoms with van der Waals surface area (Å²) in [5.74, 6) is 0.975. The van der Waals surface area contributed by atoms with E-state index in [9.17, 15) is 0 Å². The predicted molar refractivity (Wildman–Crippen MR) is 82.9 cm³/mol. The number of nitrogens with zero attached hydrogens (tertiary/aromatic N) is 2. The SMILES string of the molecule is CCCN(C1CC2CCC(C1)N2)C1CCN2CCC1C2. The molecular weight excluding hydrogens is 246 g/mol. The highest BCUT2D eigenvalue weighted by molar-refractivity contribution is 5.00. The Kier molecular flexibility index (Phi) is 3.78. The highest BCUT2D eigenvalue weighted by atomic mass is 15.3. The van der Waals surface area contributed by atoms with Crippen molar-refractivity contribution in [3.8, 4) is 0 Å². The van der Waals surface area contributed by atoms with Gasteiger partial charge in [0, 0.05) is 30.7 Å². The van der Waals surface area contributed by atoms with E-state index in [4.69, 9.17) is 0 Å². The zero-order valence-corrected chi connectivity index (χ0v) is 13.1. The molecule has 4 rings (SSSR count). The summed E-state index contributed by atoms with van der Waals surface area (Å²) in [5, 5.41) is 3.82. The van der Waals surface area contributed by atoms with Crippen LogP contribution in [0, 0.1) is 5.92 Å². The number of rotatable bonds is 4. The normalized spacial score (nSPS) is 47.1. The molecule has 4 aliphatic heterocycles. The Morgan fingerprint density at radius 1 is 1.05 bits per heavy atom. The van der Waals surface area contributed by atoms with Crippen molar-refractivity contribution in [2.45, 2.75) is 76.0 Å². The third kappa shape index (κ3) is 2.42. The molecule has 4 fully saturated rings. The van der Waals surface area contributed by atoms with Gasteiger partial charge in [0.05, 0.1) is 0 Å². The van der Waals surface area contributed by atoms with Crippen LogP contribution in [0.3, 0.4) is 0 Å². The Morgan fingerprint density at radius 2 is 1.80 bits per heavy atom. The molecule has 0 saturated carbocycles. The maximum atomic E-state index is 3.82. The number of hydrogen-bond acceptors (Lipinski definition) is 3. The Labute approximate surface area is 124 Å². The van der Waals surface area contributed by atoms with Crippen LogP contribution in [0.4, 0.5) is 0 Å². The molecule has 1 N–H and O–H groups in total. The molecule has 4 saturated heterocycles. The molecule has 0 aromatic rings. The number of nitrogens with one attached hydrogen (secondary N) is 1. The van der Waals surface area contributed by atoms with E-state index in [0.717, 1.165) is 30.1 Å². The molecule has 4 aliphatic rings. The topological polar surface area (TPSA) is 18.5 Å². The fourth-order valence-corrected chi connectivity index (χ4v) is 5.54. The first-order valence-electron chi connectivity index (χ1n) is 9.07. The Morgan fingerprint density at radius 3 is 2.55 bits per heavy atom. The minimum Gasteiger partial charge on any atom is -0.311 e. The van der Waals surface area contributed by atoms with Crippen LogP contribution in [0.5, 0.6) is 0 Å². The van der Waals surface area contributed by atoms with Crippen LogP contribution in [0.15, 0.2) is 0 Å². The van der Waals surface area contributed by atoms with E-state index < -0.39 is 0 Å².